The van der Waals surface area contributed by atoms with Crippen LogP contribution in [0.2, 0.25) is 0 Å². The molecule has 3 aromatic rings. The fraction of sp³-hybridized carbons (Fsp3) is 0.318. The molecular weight excluding hydrogens is 448 g/mol. The van der Waals surface area contributed by atoms with Crippen molar-refractivity contribution in [2.45, 2.75) is 38.5 Å². The molecule has 2 aromatic heterocycles. The zero-order valence-electron chi connectivity index (χ0n) is 18.4. The fourth-order valence-corrected chi connectivity index (χ4v) is 4.40. The van der Waals surface area contributed by atoms with Crippen LogP contribution in [-0.2, 0) is 9.59 Å². The van der Waals surface area contributed by atoms with E-state index in [9.17, 15) is 19.2 Å². The number of aromatic nitrogens is 1. The second-order valence-corrected chi connectivity index (χ2v) is 8.75. The number of Topliss-reactive ketones (excluding diaryl/α,β-unsaturated/α-hetero) is 1. The number of nitrogens with one attached hydrogen (secondary N) is 2. The first-order chi connectivity index (χ1) is 15.7. The molecule has 1 aromatic carbocycles. The van der Waals surface area contributed by atoms with Gasteiger partial charge in [0.2, 0.25) is 11.7 Å². The summed E-state index contributed by atoms with van der Waals surface area (Å²) in [5.74, 6) is 0.488. The molecule has 1 amide bonds. The monoisotopic (exact) mass is 470 g/mol. The summed E-state index contributed by atoms with van der Waals surface area (Å²) < 4.78 is 10.5. The van der Waals surface area contributed by atoms with Gasteiger partial charge in [-0.15, -0.1) is 11.8 Å². The van der Waals surface area contributed by atoms with E-state index in [1.54, 1.807) is 19.3 Å². The van der Waals surface area contributed by atoms with Crippen LogP contribution < -0.4 is 26.4 Å². The van der Waals surface area contributed by atoms with Crippen molar-refractivity contribution in [3.8, 4) is 0 Å². The van der Waals surface area contributed by atoms with Crippen LogP contribution in [0.15, 0.2) is 48.0 Å². The Bertz CT molecular complexity index is 1330. The van der Waals surface area contributed by atoms with E-state index in [2.05, 4.69) is 15.8 Å². The number of carbonyl (C=O) groups excluding carboxylic acids is 2. The number of allylic oxidation sites excluding steroid dienone is 1. The Morgan fingerprint density at radius 3 is 2.55 bits per heavy atom. The molecule has 4 rings (SSSR count). The number of furan rings is 1. The largest absolute Gasteiger partial charge is 0.467 e. The topological polar surface area (TPSA) is 135 Å². The van der Waals surface area contributed by atoms with Gasteiger partial charge in [0.15, 0.2) is 11.1 Å². The van der Waals surface area contributed by atoms with E-state index < -0.39 is 27.8 Å². The summed E-state index contributed by atoms with van der Waals surface area (Å²) in [6.07, 6.45) is 2.21. The average molecular weight is 471 g/mol. The summed E-state index contributed by atoms with van der Waals surface area (Å²) in [5, 5.41) is 10.0. The van der Waals surface area contributed by atoms with Gasteiger partial charge in [0.25, 0.3) is 10.9 Å². The van der Waals surface area contributed by atoms with Crippen molar-refractivity contribution in [3.63, 3.8) is 0 Å². The molecule has 2 atom stereocenters. The highest BCUT2D eigenvalue weighted by Gasteiger charge is 2.38. The van der Waals surface area contributed by atoms with Crippen LogP contribution in [0.3, 0.4) is 0 Å². The van der Waals surface area contributed by atoms with Crippen LogP contribution in [-0.4, -0.2) is 29.1 Å². The SMILES string of the molecule is CC[C@@H](Nc1c(NC2=CSC(C(=O)N(C)c3cc(C)on3)C2=O)c(=O)c1=O)c1cc(C)co1. The molecule has 0 aliphatic carbocycles. The zero-order valence-corrected chi connectivity index (χ0v) is 19.2. The van der Waals surface area contributed by atoms with Gasteiger partial charge in [-0.1, -0.05) is 12.1 Å². The highest BCUT2D eigenvalue weighted by Crippen LogP contribution is 2.32. The van der Waals surface area contributed by atoms with Crippen molar-refractivity contribution < 1.29 is 18.5 Å². The van der Waals surface area contributed by atoms with Crippen LogP contribution >= 0.6 is 11.8 Å². The highest BCUT2D eigenvalue weighted by atomic mass is 32.2. The summed E-state index contributed by atoms with van der Waals surface area (Å²) in [6, 6.07) is 3.11. The fourth-order valence-electron chi connectivity index (χ4n) is 3.43. The molecule has 2 N–H and O–H groups in total. The Morgan fingerprint density at radius 1 is 1.21 bits per heavy atom. The number of hydrogen-bond donors (Lipinski definition) is 2. The second-order valence-electron chi connectivity index (χ2n) is 7.77. The smallest absolute Gasteiger partial charge is 0.253 e. The predicted octanol–water partition coefficient (Wildman–Crippen LogP) is 2.64. The molecule has 0 spiro atoms. The minimum absolute atomic E-state index is 0.00416. The molecule has 0 fully saturated rings. The van der Waals surface area contributed by atoms with Gasteiger partial charge < -0.3 is 19.6 Å². The normalized spacial score (nSPS) is 16.7. The van der Waals surface area contributed by atoms with Crippen LogP contribution in [0.25, 0.3) is 0 Å². The maximum atomic E-state index is 12.9. The summed E-state index contributed by atoms with van der Waals surface area (Å²) >= 11 is 1.02. The molecule has 1 aliphatic rings. The van der Waals surface area contributed by atoms with Crippen molar-refractivity contribution in [1.29, 1.82) is 0 Å². The van der Waals surface area contributed by atoms with Crippen molar-refractivity contribution in [1.82, 2.24) is 5.16 Å². The van der Waals surface area contributed by atoms with E-state index in [-0.39, 0.29) is 23.1 Å². The Labute approximate surface area is 192 Å². The number of thioether (sulfide) groups is 1. The highest BCUT2D eigenvalue weighted by molar-refractivity contribution is 8.04. The Balaban J connectivity index is 1.47. The lowest BCUT2D eigenvalue weighted by Crippen LogP contribution is -2.41. The van der Waals surface area contributed by atoms with Gasteiger partial charge in [0.05, 0.1) is 18.0 Å². The molecule has 33 heavy (non-hydrogen) atoms. The van der Waals surface area contributed by atoms with E-state index in [1.807, 2.05) is 19.9 Å². The van der Waals surface area contributed by atoms with Crippen LogP contribution in [0.5, 0.6) is 0 Å². The molecule has 3 heterocycles. The molecule has 1 aliphatic heterocycles. The first-order valence-electron chi connectivity index (χ1n) is 10.2. The number of nitrogens with zero attached hydrogens (tertiary/aromatic N) is 2. The Kier molecular flexibility index (Phi) is 5.98. The maximum absolute atomic E-state index is 12.9. The number of anilines is 3. The average Bonchev–Trinajstić information content (AvgIpc) is 3.52. The standard InChI is InChI=1S/C22H22N4O6S/c1-5-12(14-6-10(2)8-31-14)23-16-17(20(29)19(16)28)24-13-9-33-21(18(13)27)22(30)26(4)15-7-11(3)32-25-15/h6-9,12,21,23-24H,5H2,1-4H3/t12-,21?/m1/s1. The molecule has 172 valence electrons. The van der Waals surface area contributed by atoms with E-state index in [1.165, 1.54) is 17.4 Å². The zero-order chi connectivity index (χ0) is 23.9. The van der Waals surface area contributed by atoms with Crippen LogP contribution in [0.4, 0.5) is 17.2 Å². The minimum atomic E-state index is -1.04. The molecule has 0 saturated heterocycles. The molecular formula is C22H22N4O6S. The molecule has 10 nitrogen and oxygen atoms in total. The predicted molar refractivity (Wildman–Crippen MR) is 124 cm³/mol. The van der Waals surface area contributed by atoms with Gasteiger partial charge >= 0.3 is 0 Å². The molecule has 1 unspecified atom stereocenters. The summed E-state index contributed by atoms with van der Waals surface area (Å²) in [6.45, 7) is 5.50. The van der Waals surface area contributed by atoms with Gasteiger partial charge in [-0.05, 0) is 37.3 Å². The number of hydrogen-bond acceptors (Lipinski definition) is 10. The van der Waals surface area contributed by atoms with Gasteiger partial charge in [-0.3, -0.25) is 24.1 Å². The van der Waals surface area contributed by atoms with Crippen molar-refractivity contribution in [2.75, 3.05) is 22.6 Å². The first-order valence-corrected chi connectivity index (χ1v) is 11.2. The number of amides is 1. The van der Waals surface area contributed by atoms with E-state index >= 15 is 0 Å². The Hall–Kier alpha value is -3.60. The van der Waals surface area contributed by atoms with Gasteiger partial charge in [-0.2, -0.15) is 0 Å². The summed E-state index contributed by atoms with van der Waals surface area (Å²) in [5.41, 5.74) is -0.313. The lowest BCUT2D eigenvalue weighted by Gasteiger charge is -2.20. The summed E-state index contributed by atoms with van der Waals surface area (Å²) in [7, 11) is 1.50. The molecule has 0 saturated carbocycles. The number of rotatable bonds is 8. The van der Waals surface area contributed by atoms with Gasteiger partial charge in [0, 0.05) is 13.1 Å². The third-order valence-corrected chi connectivity index (χ3v) is 6.39. The third-order valence-electron chi connectivity index (χ3n) is 5.33. The maximum Gasteiger partial charge on any atom is 0.253 e. The van der Waals surface area contributed by atoms with Gasteiger partial charge in [-0.25, -0.2) is 0 Å². The minimum Gasteiger partial charge on any atom is -0.467 e. The Morgan fingerprint density at radius 2 is 1.94 bits per heavy atom. The van der Waals surface area contributed by atoms with Gasteiger partial charge in [0.1, 0.15) is 22.9 Å². The number of aryl methyl sites for hydroxylation is 2. The quantitative estimate of drug-likeness (QED) is 0.374. The number of ketones is 1. The van der Waals surface area contributed by atoms with Crippen molar-refractivity contribution >= 4 is 40.6 Å². The molecule has 0 bridgehead atoms. The first kappa shape index (κ1) is 22.6. The number of carbonyl (C=O) groups is 2. The van der Waals surface area contributed by atoms with E-state index in [0.717, 1.165) is 17.3 Å². The molecule has 0 radical (unpaired) electrons. The lowest BCUT2D eigenvalue weighted by atomic mass is 10.1. The van der Waals surface area contributed by atoms with Crippen molar-refractivity contribution in [3.05, 3.63) is 67.0 Å². The van der Waals surface area contributed by atoms with Crippen molar-refractivity contribution in [2.24, 2.45) is 0 Å². The summed E-state index contributed by atoms with van der Waals surface area (Å²) in [4.78, 5) is 51.3. The lowest BCUT2D eigenvalue weighted by molar-refractivity contribution is -0.123. The van der Waals surface area contributed by atoms with Crippen LogP contribution in [0.1, 0.15) is 36.5 Å². The van der Waals surface area contributed by atoms with E-state index in [4.69, 9.17) is 8.94 Å². The van der Waals surface area contributed by atoms with Crippen LogP contribution in [0, 0.1) is 13.8 Å². The molecule has 11 heteroatoms. The second kappa shape index (κ2) is 8.74. The van der Waals surface area contributed by atoms with E-state index in [0.29, 0.717) is 23.8 Å². The third kappa shape index (κ3) is 4.11.